The lowest BCUT2D eigenvalue weighted by molar-refractivity contribution is -0.135. The molecule has 1 saturated carbocycles. The van der Waals surface area contributed by atoms with E-state index in [9.17, 15) is 9.59 Å². The van der Waals surface area contributed by atoms with Gasteiger partial charge < -0.3 is 9.47 Å². The standard InChI is InChI=1S/C20H18N4O4S2/c25-17(21-19(26)15-10-27-13-4-1-2-5-14(13)28-15)11-30-20-23-22-18(16-6-3-9-29-16)24(20)12-7-8-12/h1-6,9,12,15H,7-8,10-11H2,(H,21,25,26)/t15-/m1/s1. The van der Waals surface area contributed by atoms with Crippen molar-refractivity contribution < 1.29 is 19.1 Å². The fourth-order valence-electron chi connectivity index (χ4n) is 3.14. The molecule has 0 saturated heterocycles. The highest BCUT2D eigenvalue weighted by atomic mass is 32.2. The zero-order valence-electron chi connectivity index (χ0n) is 15.8. The molecule has 2 aliphatic rings. The Labute approximate surface area is 180 Å². The van der Waals surface area contributed by atoms with Gasteiger partial charge in [0.25, 0.3) is 5.91 Å². The minimum Gasteiger partial charge on any atom is -0.485 e. The average molecular weight is 443 g/mol. The molecular weight excluding hydrogens is 424 g/mol. The van der Waals surface area contributed by atoms with Gasteiger partial charge in [0.1, 0.15) is 6.61 Å². The van der Waals surface area contributed by atoms with Crippen LogP contribution in [-0.2, 0) is 9.59 Å². The van der Waals surface area contributed by atoms with Crippen molar-refractivity contribution in [1.29, 1.82) is 0 Å². The number of para-hydroxylation sites is 2. The minimum atomic E-state index is -0.866. The number of hydrogen-bond donors (Lipinski definition) is 1. The van der Waals surface area contributed by atoms with E-state index in [1.165, 1.54) is 11.8 Å². The van der Waals surface area contributed by atoms with Gasteiger partial charge in [0.2, 0.25) is 12.0 Å². The van der Waals surface area contributed by atoms with E-state index in [2.05, 4.69) is 20.1 Å². The number of aromatic nitrogens is 3. The van der Waals surface area contributed by atoms with Crippen LogP contribution in [0.15, 0.2) is 46.9 Å². The zero-order valence-corrected chi connectivity index (χ0v) is 17.4. The maximum atomic E-state index is 12.4. The first kappa shape index (κ1) is 19.1. The molecule has 0 unspecified atom stereocenters. The molecule has 0 spiro atoms. The summed E-state index contributed by atoms with van der Waals surface area (Å²) in [7, 11) is 0. The number of thiophene rings is 1. The first-order valence-corrected chi connectivity index (χ1v) is 11.4. The van der Waals surface area contributed by atoms with Crippen molar-refractivity contribution >= 4 is 34.9 Å². The third-order valence-electron chi connectivity index (χ3n) is 4.71. The molecule has 3 heterocycles. The van der Waals surface area contributed by atoms with Crippen LogP contribution in [0.5, 0.6) is 11.5 Å². The summed E-state index contributed by atoms with van der Waals surface area (Å²) >= 11 is 2.89. The van der Waals surface area contributed by atoms with Gasteiger partial charge in [-0.3, -0.25) is 19.5 Å². The summed E-state index contributed by atoms with van der Waals surface area (Å²) in [5.74, 6) is 1.05. The Hall–Kier alpha value is -2.85. The highest BCUT2D eigenvalue weighted by molar-refractivity contribution is 7.99. The lowest BCUT2D eigenvalue weighted by Crippen LogP contribution is -2.46. The van der Waals surface area contributed by atoms with Crippen molar-refractivity contribution in [2.24, 2.45) is 0 Å². The molecule has 3 aromatic rings. The number of hydrogen-bond acceptors (Lipinski definition) is 8. The second kappa shape index (κ2) is 8.11. The van der Waals surface area contributed by atoms with Crippen LogP contribution in [0.2, 0.25) is 0 Å². The summed E-state index contributed by atoms with van der Waals surface area (Å²) in [6.45, 7) is 0.0590. The number of benzene rings is 1. The Kier molecular flexibility index (Phi) is 5.17. The Morgan fingerprint density at radius 3 is 2.77 bits per heavy atom. The van der Waals surface area contributed by atoms with Crippen LogP contribution in [-0.4, -0.2) is 45.0 Å². The van der Waals surface area contributed by atoms with Crippen molar-refractivity contribution in [2.75, 3.05) is 12.4 Å². The van der Waals surface area contributed by atoms with E-state index < -0.39 is 17.9 Å². The van der Waals surface area contributed by atoms with Crippen molar-refractivity contribution in [3.05, 3.63) is 41.8 Å². The van der Waals surface area contributed by atoms with E-state index in [0.717, 1.165) is 23.5 Å². The average Bonchev–Trinajstić information content (AvgIpc) is 3.28. The first-order chi connectivity index (χ1) is 14.7. The monoisotopic (exact) mass is 442 g/mol. The fraction of sp³-hybridized carbons (Fsp3) is 0.300. The number of ether oxygens (including phenoxy) is 2. The van der Waals surface area contributed by atoms with E-state index in [4.69, 9.17) is 9.47 Å². The third kappa shape index (κ3) is 3.92. The molecule has 1 aliphatic carbocycles. The predicted octanol–water partition coefficient (Wildman–Crippen LogP) is 2.92. The van der Waals surface area contributed by atoms with Gasteiger partial charge in [-0.2, -0.15) is 0 Å². The largest absolute Gasteiger partial charge is 0.485 e. The van der Waals surface area contributed by atoms with E-state index in [1.807, 2.05) is 23.6 Å². The van der Waals surface area contributed by atoms with Gasteiger partial charge in [0, 0.05) is 6.04 Å². The number of rotatable bonds is 6. The van der Waals surface area contributed by atoms with Crippen LogP contribution >= 0.6 is 23.1 Å². The topological polar surface area (TPSA) is 95.3 Å². The maximum Gasteiger partial charge on any atom is 0.271 e. The van der Waals surface area contributed by atoms with Gasteiger partial charge >= 0.3 is 0 Å². The molecule has 10 heteroatoms. The van der Waals surface area contributed by atoms with Gasteiger partial charge in [-0.1, -0.05) is 30.0 Å². The van der Waals surface area contributed by atoms with Crippen molar-refractivity contribution in [3.63, 3.8) is 0 Å². The van der Waals surface area contributed by atoms with Crippen LogP contribution in [0.3, 0.4) is 0 Å². The van der Waals surface area contributed by atoms with Gasteiger partial charge in [-0.25, -0.2) is 0 Å². The number of fused-ring (bicyclic) bond motifs is 1. The van der Waals surface area contributed by atoms with E-state index >= 15 is 0 Å². The summed E-state index contributed by atoms with van der Waals surface area (Å²) in [6, 6.07) is 11.5. The maximum absolute atomic E-state index is 12.4. The van der Waals surface area contributed by atoms with Gasteiger partial charge in [-0.15, -0.1) is 21.5 Å². The predicted molar refractivity (Wildman–Crippen MR) is 112 cm³/mol. The summed E-state index contributed by atoms with van der Waals surface area (Å²) in [5, 5.41) is 13.7. The molecule has 0 radical (unpaired) electrons. The molecule has 30 heavy (non-hydrogen) atoms. The highest BCUT2D eigenvalue weighted by Crippen LogP contribution is 2.41. The number of carbonyl (C=O) groups excluding carboxylic acids is 2. The van der Waals surface area contributed by atoms with Gasteiger partial charge in [0.05, 0.1) is 10.6 Å². The number of carbonyl (C=O) groups is 2. The first-order valence-electron chi connectivity index (χ1n) is 9.53. The van der Waals surface area contributed by atoms with Crippen LogP contribution in [0, 0.1) is 0 Å². The van der Waals surface area contributed by atoms with Gasteiger partial charge in [-0.05, 0) is 36.4 Å². The number of imide groups is 1. The van der Waals surface area contributed by atoms with Crippen molar-refractivity contribution in [1.82, 2.24) is 20.1 Å². The zero-order chi connectivity index (χ0) is 20.5. The van der Waals surface area contributed by atoms with E-state index in [-0.39, 0.29) is 12.4 Å². The summed E-state index contributed by atoms with van der Waals surface area (Å²) in [6.07, 6.45) is 1.29. The quantitative estimate of drug-likeness (QED) is 0.587. The van der Waals surface area contributed by atoms with Crippen molar-refractivity contribution in [3.8, 4) is 22.2 Å². The van der Waals surface area contributed by atoms with E-state index in [1.54, 1.807) is 29.5 Å². The van der Waals surface area contributed by atoms with Crippen LogP contribution in [0.25, 0.3) is 10.7 Å². The second-order valence-corrected chi connectivity index (χ2v) is 8.84. The molecule has 154 valence electrons. The van der Waals surface area contributed by atoms with Crippen LogP contribution in [0.4, 0.5) is 0 Å². The number of amides is 2. The highest BCUT2D eigenvalue weighted by Gasteiger charge is 2.31. The Balaban J connectivity index is 1.20. The lowest BCUT2D eigenvalue weighted by atomic mass is 10.2. The molecule has 2 amide bonds. The molecule has 5 rings (SSSR count). The molecule has 1 N–H and O–H groups in total. The van der Waals surface area contributed by atoms with Gasteiger partial charge in [0.15, 0.2) is 22.5 Å². The SMILES string of the molecule is O=C(CSc1nnc(-c2cccs2)n1C1CC1)NC(=O)[C@H]1COc2ccccc2O1. The molecular formula is C20H18N4O4S2. The summed E-state index contributed by atoms with van der Waals surface area (Å²) in [5.41, 5.74) is 0. The molecule has 1 aromatic carbocycles. The number of nitrogens with zero attached hydrogens (tertiary/aromatic N) is 3. The van der Waals surface area contributed by atoms with Crippen LogP contribution < -0.4 is 14.8 Å². The molecule has 1 atom stereocenters. The minimum absolute atomic E-state index is 0.0590. The lowest BCUT2D eigenvalue weighted by Gasteiger charge is -2.25. The Morgan fingerprint density at radius 1 is 1.17 bits per heavy atom. The molecule has 0 bridgehead atoms. The second-order valence-electron chi connectivity index (χ2n) is 6.95. The molecule has 8 nitrogen and oxygen atoms in total. The summed E-state index contributed by atoms with van der Waals surface area (Å²) < 4.78 is 13.3. The molecule has 2 aromatic heterocycles. The number of nitrogens with one attached hydrogen (secondary N) is 1. The fourth-order valence-corrected chi connectivity index (χ4v) is 4.65. The van der Waals surface area contributed by atoms with Crippen LogP contribution in [0.1, 0.15) is 18.9 Å². The van der Waals surface area contributed by atoms with E-state index in [0.29, 0.717) is 22.7 Å². The smallest absolute Gasteiger partial charge is 0.271 e. The summed E-state index contributed by atoms with van der Waals surface area (Å²) in [4.78, 5) is 25.8. The normalized spacial score (nSPS) is 17.5. The Morgan fingerprint density at radius 2 is 2.00 bits per heavy atom. The van der Waals surface area contributed by atoms with Crippen molar-refractivity contribution in [2.45, 2.75) is 30.1 Å². The number of thioether (sulfide) groups is 1. The third-order valence-corrected chi connectivity index (χ3v) is 6.52. The Bertz CT molecular complexity index is 1080. The molecule has 1 fully saturated rings. The molecule has 1 aliphatic heterocycles.